The van der Waals surface area contributed by atoms with Crippen molar-refractivity contribution in [2.24, 2.45) is 0 Å². The summed E-state index contributed by atoms with van der Waals surface area (Å²) in [6.07, 6.45) is 57.4. The quantitative estimate of drug-likeness (QED) is 0.0418. The van der Waals surface area contributed by atoms with Gasteiger partial charge in [0.05, 0.1) is 25.2 Å². The van der Waals surface area contributed by atoms with E-state index in [1.165, 1.54) is 244 Å². The Morgan fingerprint density at radius 2 is 0.667 bits per heavy atom. The van der Waals surface area contributed by atoms with Crippen molar-refractivity contribution >= 4 is 11.9 Å². The third kappa shape index (κ3) is 47.2. The van der Waals surface area contributed by atoms with E-state index in [1.807, 2.05) is 0 Å². The number of carbonyl (C=O) groups is 2. The van der Waals surface area contributed by atoms with E-state index in [0.29, 0.717) is 19.3 Å². The molecule has 0 aromatic rings. The van der Waals surface area contributed by atoms with Crippen molar-refractivity contribution in [2.45, 2.75) is 347 Å². The summed E-state index contributed by atoms with van der Waals surface area (Å²) < 4.78 is 5.97. The first-order valence-corrected chi connectivity index (χ1v) is 28.8. The lowest BCUT2D eigenvalue weighted by Gasteiger charge is -2.24. The summed E-state index contributed by atoms with van der Waals surface area (Å²) in [5.74, 6) is -0.445. The van der Waals surface area contributed by atoms with E-state index < -0.39 is 18.2 Å². The van der Waals surface area contributed by atoms with Gasteiger partial charge in [-0.15, -0.1) is 0 Å². The van der Waals surface area contributed by atoms with Gasteiger partial charge in [0, 0.05) is 6.42 Å². The Bertz CT molecular complexity index is 913. The van der Waals surface area contributed by atoms with Crippen LogP contribution in [0.4, 0.5) is 0 Å². The molecule has 0 saturated heterocycles. The summed E-state index contributed by atoms with van der Waals surface area (Å²) in [6.45, 7) is 6.53. The Hall–Kier alpha value is -1.14. The Labute approximate surface area is 394 Å². The first-order chi connectivity index (χ1) is 31.0. The highest BCUT2D eigenvalue weighted by molar-refractivity contribution is 5.77. The van der Waals surface area contributed by atoms with Crippen molar-refractivity contribution in [3.8, 4) is 0 Å². The maximum atomic E-state index is 13.2. The maximum absolute atomic E-state index is 13.2. The number of rotatable bonds is 53. The van der Waals surface area contributed by atoms with Gasteiger partial charge in [0.1, 0.15) is 6.10 Å². The van der Waals surface area contributed by atoms with Gasteiger partial charge in [0.25, 0.3) is 0 Å². The Kier molecular flexibility index (Phi) is 50.9. The summed E-state index contributed by atoms with van der Waals surface area (Å²) >= 11 is 0. The van der Waals surface area contributed by atoms with Crippen molar-refractivity contribution in [2.75, 3.05) is 6.61 Å². The van der Waals surface area contributed by atoms with Gasteiger partial charge in [-0.05, 0) is 25.7 Å². The van der Waals surface area contributed by atoms with Crippen LogP contribution in [0.15, 0.2) is 0 Å². The van der Waals surface area contributed by atoms with E-state index in [0.717, 1.165) is 38.5 Å². The molecular formula is C57H113NO5. The molecule has 0 aliphatic heterocycles. The molecule has 0 bridgehead atoms. The minimum absolute atomic E-state index is 0.0885. The third-order valence-corrected chi connectivity index (χ3v) is 13.7. The van der Waals surface area contributed by atoms with E-state index in [-0.39, 0.29) is 24.9 Å². The topological polar surface area (TPSA) is 95.9 Å². The molecule has 0 heterocycles. The number of hydrogen-bond donors (Lipinski definition) is 3. The summed E-state index contributed by atoms with van der Waals surface area (Å²) in [4.78, 5) is 26.2. The fourth-order valence-electron chi connectivity index (χ4n) is 9.32. The fraction of sp³-hybridized carbons (Fsp3) is 0.965. The summed E-state index contributed by atoms with van der Waals surface area (Å²) in [5.41, 5.74) is 0. The molecule has 6 heteroatoms. The van der Waals surface area contributed by atoms with Crippen LogP contribution in [-0.2, 0) is 14.3 Å². The normalized spacial score (nSPS) is 13.0. The number of carbonyl (C=O) groups excluding carboxylic acids is 2. The summed E-state index contributed by atoms with van der Waals surface area (Å²) in [5, 5.41) is 23.8. The Balaban J connectivity index is 4.48. The molecule has 0 saturated carbocycles. The zero-order valence-corrected chi connectivity index (χ0v) is 43.0. The van der Waals surface area contributed by atoms with Gasteiger partial charge < -0.3 is 20.3 Å². The highest BCUT2D eigenvalue weighted by Crippen LogP contribution is 2.19. The average molecular weight is 893 g/mol. The van der Waals surface area contributed by atoms with Gasteiger partial charge in [-0.1, -0.05) is 290 Å². The molecular weight excluding hydrogens is 779 g/mol. The number of unbranched alkanes of at least 4 members (excludes halogenated alkanes) is 41. The van der Waals surface area contributed by atoms with Crippen LogP contribution in [0.3, 0.4) is 0 Å². The molecule has 0 radical (unpaired) electrons. The number of hydrogen-bond acceptors (Lipinski definition) is 5. The second-order valence-electron chi connectivity index (χ2n) is 20.1. The molecule has 6 nitrogen and oxygen atoms in total. The molecule has 0 fully saturated rings. The van der Waals surface area contributed by atoms with Crippen molar-refractivity contribution in [3.05, 3.63) is 0 Å². The predicted octanol–water partition coefficient (Wildman–Crippen LogP) is 17.5. The maximum Gasteiger partial charge on any atom is 0.306 e. The van der Waals surface area contributed by atoms with Crippen LogP contribution in [0, 0.1) is 0 Å². The molecule has 63 heavy (non-hydrogen) atoms. The molecule has 0 spiro atoms. The number of nitrogens with one attached hydrogen (secondary N) is 1. The molecule has 3 unspecified atom stereocenters. The van der Waals surface area contributed by atoms with E-state index in [4.69, 9.17) is 4.74 Å². The molecule has 3 atom stereocenters. The van der Waals surface area contributed by atoms with Crippen molar-refractivity contribution < 1.29 is 24.5 Å². The standard InChI is InChI=1S/C57H113NO5/c1-4-7-10-13-16-19-22-24-26-28-30-32-35-38-41-44-47-50-57(62)63-53(48-45-42-39-36-34-31-29-27-25-23-20-17-14-11-8-5-2)51-56(61)58-54(52-59)55(60)49-46-43-40-37-33-21-18-15-12-9-6-3/h53-55,59-60H,4-52H2,1-3H3,(H,58,61). The second kappa shape index (κ2) is 51.8. The van der Waals surface area contributed by atoms with E-state index >= 15 is 0 Å². The molecule has 1 amide bonds. The first kappa shape index (κ1) is 61.9. The van der Waals surface area contributed by atoms with Crippen molar-refractivity contribution in [1.29, 1.82) is 0 Å². The minimum atomic E-state index is -0.779. The van der Waals surface area contributed by atoms with Crippen molar-refractivity contribution in [3.63, 3.8) is 0 Å². The Morgan fingerprint density at radius 1 is 0.397 bits per heavy atom. The zero-order valence-electron chi connectivity index (χ0n) is 43.0. The number of aliphatic hydroxyl groups is 2. The van der Waals surface area contributed by atoms with Gasteiger partial charge in [0.2, 0.25) is 5.91 Å². The highest BCUT2D eigenvalue weighted by atomic mass is 16.5. The molecule has 0 aliphatic carbocycles. The molecule has 0 aromatic heterocycles. The summed E-state index contributed by atoms with van der Waals surface area (Å²) in [6, 6.07) is -0.692. The smallest absolute Gasteiger partial charge is 0.306 e. The number of amides is 1. The lowest BCUT2D eigenvalue weighted by atomic mass is 10.0. The number of ether oxygens (including phenoxy) is 1. The van der Waals surface area contributed by atoms with Gasteiger partial charge in [0.15, 0.2) is 0 Å². The highest BCUT2D eigenvalue weighted by Gasteiger charge is 2.24. The van der Waals surface area contributed by atoms with E-state index in [1.54, 1.807) is 0 Å². The number of aliphatic hydroxyl groups excluding tert-OH is 2. The monoisotopic (exact) mass is 892 g/mol. The van der Waals surface area contributed by atoms with Gasteiger partial charge >= 0.3 is 5.97 Å². The van der Waals surface area contributed by atoms with Crippen LogP contribution in [0.25, 0.3) is 0 Å². The van der Waals surface area contributed by atoms with E-state index in [9.17, 15) is 19.8 Å². The molecule has 0 aliphatic rings. The van der Waals surface area contributed by atoms with Gasteiger partial charge in [-0.2, -0.15) is 0 Å². The Morgan fingerprint density at radius 3 is 0.968 bits per heavy atom. The first-order valence-electron chi connectivity index (χ1n) is 28.8. The van der Waals surface area contributed by atoms with E-state index in [2.05, 4.69) is 26.1 Å². The SMILES string of the molecule is CCCCCCCCCCCCCCCCCCCC(=O)OC(CCCCCCCCCCCCCCCCCC)CC(=O)NC(CO)C(O)CCCCCCCCCCCCC. The van der Waals surface area contributed by atoms with Gasteiger partial charge in [-0.3, -0.25) is 9.59 Å². The van der Waals surface area contributed by atoms with Gasteiger partial charge in [-0.25, -0.2) is 0 Å². The van der Waals surface area contributed by atoms with Crippen molar-refractivity contribution in [1.82, 2.24) is 5.32 Å². The number of esters is 1. The molecule has 0 aromatic carbocycles. The zero-order chi connectivity index (χ0) is 45.9. The fourth-order valence-corrected chi connectivity index (χ4v) is 9.32. The lowest BCUT2D eigenvalue weighted by molar-refractivity contribution is -0.151. The van der Waals surface area contributed by atoms with Crippen LogP contribution in [0.2, 0.25) is 0 Å². The minimum Gasteiger partial charge on any atom is -0.462 e. The van der Waals surface area contributed by atoms with Crippen LogP contribution >= 0.6 is 0 Å². The largest absolute Gasteiger partial charge is 0.462 e. The van der Waals surface area contributed by atoms with Crippen LogP contribution in [0.5, 0.6) is 0 Å². The molecule has 0 rings (SSSR count). The lowest BCUT2D eigenvalue weighted by Crippen LogP contribution is -2.46. The summed E-state index contributed by atoms with van der Waals surface area (Å²) in [7, 11) is 0. The molecule has 3 N–H and O–H groups in total. The predicted molar refractivity (Wildman–Crippen MR) is 274 cm³/mol. The average Bonchev–Trinajstić information content (AvgIpc) is 3.28. The van der Waals surface area contributed by atoms with Crippen LogP contribution in [-0.4, -0.2) is 46.9 Å². The van der Waals surface area contributed by atoms with Crippen LogP contribution in [0.1, 0.15) is 329 Å². The second-order valence-corrected chi connectivity index (χ2v) is 20.1. The third-order valence-electron chi connectivity index (χ3n) is 13.7. The van der Waals surface area contributed by atoms with Crippen LogP contribution < -0.4 is 5.32 Å². The molecule has 376 valence electrons.